The number of hydrogen-bond acceptors (Lipinski definition) is 7. The van der Waals surface area contributed by atoms with Gasteiger partial charge in [0.2, 0.25) is 10.0 Å². The average Bonchev–Trinajstić information content (AvgIpc) is 2.97. The predicted octanol–water partition coefficient (Wildman–Crippen LogP) is 7.49. The largest absolute Gasteiger partial charge is 0.455 e. The first-order valence-corrected chi connectivity index (χ1v) is 16.4. The minimum atomic E-state index is -3.82. The maximum Gasteiger partial charge on any atom is 0.241 e. The van der Waals surface area contributed by atoms with Gasteiger partial charge in [0.05, 0.1) is 27.4 Å². The van der Waals surface area contributed by atoms with Crippen molar-refractivity contribution in [3.63, 3.8) is 0 Å². The summed E-state index contributed by atoms with van der Waals surface area (Å²) in [4.78, 5) is 28.1. The summed E-state index contributed by atoms with van der Waals surface area (Å²) in [5, 5.41) is 3.33. The topological polar surface area (TPSA) is 128 Å². The molecule has 4 N–H and O–H groups in total. The van der Waals surface area contributed by atoms with E-state index in [0.717, 1.165) is 11.1 Å². The van der Waals surface area contributed by atoms with Crippen LogP contribution < -0.4 is 20.5 Å². The third-order valence-electron chi connectivity index (χ3n) is 8.12. The Morgan fingerprint density at radius 3 is 2.02 bits per heavy atom. The molecule has 0 fully saturated rings. The van der Waals surface area contributed by atoms with Crippen LogP contribution in [-0.2, 0) is 15.4 Å². The fourth-order valence-electron chi connectivity index (χ4n) is 5.84. The zero-order chi connectivity index (χ0) is 32.8. The van der Waals surface area contributed by atoms with Gasteiger partial charge in [-0.25, -0.2) is 13.1 Å². The Hall–Kier alpha value is -4.47. The molecule has 234 valence electrons. The Morgan fingerprint density at radius 2 is 1.44 bits per heavy atom. The van der Waals surface area contributed by atoms with E-state index in [9.17, 15) is 18.0 Å². The van der Waals surface area contributed by atoms with Crippen LogP contribution in [0.15, 0.2) is 65.6 Å². The number of hydrogen-bond donors (Lipinski definition) is 3. The number of nitrogen functional groups attached to an aromatic ring is 1. The Balaban J connectivity index is 1.70. The molecule has 4 aromatic carbocycles. The molecular weight excluding hydrogens is 586 g/mol. The molecule has 1 aliphatic carbocycles. The zero-order valence-corrected chi connectivity index (χ0v) is 27.5. The predicted molar refractivity (Wildman–Crippen MR) is 179 cm³/mol. The molecule has 1 aliphatic rings. The summed E-state index contributed by atoms with van der Waals surface area (Å²) >= 11 is 0. The van der Waals surface area contributed by atoms with E-state index in [4.69, 9.17) is 10.5 Å². The lowest BCUT2D eigenvalue weighted by atomic mass is 9.82. The van der Waals surface area contributed by atoms with Gasteiger partial charge in [-0.1, -0.05) is 70.2 Å². The third-order valence-corrected chi connectivity index (χ3v) is 9.87. The highest BCUT2D eigenvalue weighted by Crippen LogP contribution is 2.44. The summed E-state index contributed by atoms with van der Waals surface area (Å²) in [6.07, 6.45) is 0.644. The smallest absolute Gasteiger partial charge is 0.241 e. The maximum absolute atomic E-state index is 14.0. The molecule has 0 saturated carbocycles. The van der Waals surface area contributed by atoms with Crippen molar-refractivity contribution in [1.29, 1.82) is 0 Å². The van der Waals surface area contributed by atoms with Crippen molar-refractivity contribution in [2.75, 3.05) is 17.6 Å². The number of rotatable bonds is 8. The van der Waals surface area contributed by atoms with Crippen molar-refractivity contribution < 1.29 is 22.7 Å². The van der Waals surface area contributed by atoms with Crippen LogP contribution in [0.4, 0.5) is 17.1 Å². The van der Waals surface area contributed by atoms with Gasteiger partial charge in [0.1, 0.15) is 5.75 Å². The van der Waals surface area contributed by atoms with Gasteiger partial charge in [-0.05, 0) is 67.0 Å². The van der Waals surface area contributed by atoms with Gasteiger partial charge in [-0.15, -0.1) is 0 Å². The van der Waals surface area contributed by atoms with E-state index in [0.29, 0.717) is 35.5 Å². The Bertz CT molecular complexity index is 1960. The maximum atomic E-state index is 14.0. The van der Waals surface area contributed by atoms with E-state index >= 15 is 0 Å². The zero-order valence-electron chi connectivity index (χ0n) is 26.7. The number of carbonyl (C=O) groups excluding carboxylic acids is 2. The van der Waals surface area contributed by atoms with E-state index < -0.39 is 15.8 Å². The number of benzene rings is 4. The number of anilines is 3. The Kier molecular flexibility index (Phi) is 8.37. The van der Waals surface area contributed by atoms with E-state index in [-0.39, 0.29) is 55.5 Å². The van der Waals surface area contributed by atoms with Crippen molar-refractivity contribution in [2.24, 2.45) is 0 Å². The molecule has 8 nitrogen and oxygen atoms in total. The molecule has 9 heteroatoms. The molecule has 0 aromatic heterocycles. The standard InChI is InChI=1S/C36H39N3O5S/c1-8-17-38-45(42,43)35-21(3)18-20(2)32(22(35)4)39-27-19-28(44-24-15-13-23(14-16-24)36(5,6)7)31(37)30-29(27)33(40)25-11-9-10-12-26(25)34(30)41/h9-16,18-19,38-39H,8,17,37H2,1-7H3. The van der Waals surface area contributed by atoms with Gasteiger partial charge < -0.3 is 15.8 Å². The summed E-state index contributed by atoms with van der Waals surface area (Å²) in [6, 6.07) is 17.7. The number of nitrogens with two attached hydrogens (primary N) is 1. The highest BCUT2D eigenvalue weighted by Gasteiger charge is 2.36. The van der Waals surface area contributed by atoms with Crippen molar-refractivity contribution >= 4 is 38.7 Å². The molecule has 5 rings (SSSR count). The number of fused-ring (bicyclic) bond motifs is 2. The van der Waals surface area contributed by atoms with Crippen LogP contribution in [0, 0.1) is 20.8 Å². The highest BCUT2D eigenvalue weighted by atomic mass is 32.2. The molecule has 0 spiro atoms. The lowest BCUT2D eigenvalue weighted by Crippen LogP contribution is -2.26. The van der Waals surface area contributed by atoms with Crippen LogP contribution in [0.5, 0.6) is 11.5 Å². The van der Waals surface area contributed by atoms with Crippen LogP contribution >= 0.6 is 0 Å². The summed E-state index contributed by atoms with van der Waals surface area (Å²) in [7, 11) is -3.82. The molecule has 45 heavy (non-hydrogen) atoms. The van der Waals surface area contributed by atoms with Gasteiger partial charge >= 0.3 is 0 Å². The second kappa shape index (κ2) is 11.8. The first-order chi connectivity index (χ1) is 21.2. The van der Waals surface area contributed by atoms with Crippen molar-refractivity contribution in [2.45, 2.75) is 65.2 Å². The first-order valence-electron chi connectivity index (χ1n) is 15.0. The molecule has 0 atom stereocenters. The molecule has 0 radical (unpaired) electrons. The summed E-state index contributed by atoms with van der Waals surface area (Å²) < 4.78 is 35.6. The second-order valence-corrected chi connectivity index (χ2v) is 14.2. The monoisotopic (exact) mass is 625 g/mol. The number of sulfonamides is 1. The number of carbonyl (C=O) groups is 2. The number of ketones is 2. The molecule has 0 bridgehead atoms. The van der Waals surface area contributed by atoms with Gasteiger partial charge in [-0.3, -0.25) is 9.59 Å². The summed E-state index contributed by atoms with van der Waals surface area (Å²) in [6.45, 7) is 13.9. The summed E-state index contributed by atoms with van der Waals surface area (Å²) in [5.74, 6) is -0.0529. The van der Waals surface area contributed by atoms with Crippen molar-refractivity contribution in [1.82, 2.24) is 4.72 Å². The summed E-state index contributed by atoms with van der Waals surface area (Å²) in [5.41, 5.74) is 11.1. The number of aryl methyl sites for hydroxylation is 2. The number of ether oxygens (including phenoxy) is 1. The normalized spacial score (nSPS) is 13.0. The van der Waals surface area contributed by atoms with Crippen LogP contribution in [0.2, 0.25) is 0 Å². The lowest BCUT2D eigenvalue weighted by molar-refractivity contribution is 0.0980. The van der Waals surface area contributed by atoms with Crippen LogP contribution in [0.3, 0.4) is 0 Å². The highest BCUT2D eigenvalue weighted by molar-refractivity contribution is 7.89. The molecule has 0 unspecified atom stereocenters. The van der Waals surface area contributed by atoms with Crippen LogP contribution in [-0.4, -0.2) is 26.5 Å². The van der Waals surface area contributed by atoms with E-state index in [1.165, 1.54) is 0 Å². The molecule has 0 aliphatic heterocycles. The van der Waals surface area contributed by atoms with Crippen LogP contribution in [0.25, 0.3) is 0 Å². The lowest BCUT2D eigenvalue weighted by Gasteiger charge is -2.26. The quantitative estimate of drug-likeness (QED) is 0.152. The minimum absolute atomic E-state index is 0.0462. The van der Waals surface area contributed by atoms with E-state index in [1.807, 2.05) is 38.1 Å². The Labute approximate surface area is 265 Å². The van der Waals surface area contributed by atoms with Crippen LogP contribution in [0.1, 0.15) is 88.2 Å². The van der Waals surface area contributed by atoms with Crippen molar-refractivity contribution in [3.8, 4) is 11.5 Å². The molecular formula is C36H39N3O5S. The van der Waals surface area contributed by atoms with Crippen molar-refractivity contribution in [3.05, 3.63) is 105 Å². The van der Waals surface area contributed by atoms with Gasteiger partial charge in [-0.2, -0.15) is 0 Å². The first kappa shape index (κ1) is 31.9. The fraction of sp³-hybridized carbons (Fsp3) is 0.278. The SMILES string of the molecule is CCCNS(=O)(=O)c1c(C)cc(C)c(Nc2cc(Oc3ccc(C(C)(C)C)cc3)c(N)c3c2C(=O)c2ccccc2C3=O)c1C. The second-order valence-electron chi connectivity index (χ2n) is 12.5. The average molecular weight is 626 g/mol. The van der Waals surface area contributed by atoms with Gasteiger partial charge in [0.25, 0.3) is 0 Å². The van der Waals surface area contributed by atoms with Gasteiger partial charge in [0.15, 0.2) is 17.3 Å². The third kappa shape index (κ3) is 5.85. The Morgan fingerprint density at radius 1 is 0.844 bits per heavy atom. The fourth-order valence-corrected chi connectivity index (χ4v) is 7.45. The molecule has 0 saturated heterocycles. The number of nitrogens with one attached hydrogen (secondary N) is 2. The van der Waals surface area contributed by atoms with E-state index in [2.05, 4.69) is 30.8 Å². The molecule has 0 heterocycles. The molecule has 0 amide bonds. The van der Waals surface area contributed by atoms with Gasteiger partial charge in [0, 0.05) is 29.4 Å². The minimum Gasteiger partial charge on any atom is -0.455 e. The van der Waals surface area contributed by atoms with E-state index in [1.54, 1.807) is 50.2 Å². The molecule has 4 aromatic rings.